The Kier molecular flexibility index (Phi) is 3.75. The maximum atomic E-state index is 12.1. The SMILES string of the molecule is Cc1cccc(CNC(=O)c2cc3cc(Br)ccc3o2)n1. The monoisotopic (exact) mass is 344 g/mol. The van der Waals surface area contributed by atoms with Crippen LogP contribution in [0.3, 0.4) is 0 Å². The number of furan rings is 1. The molecule has 0 atom stereocenters. The second-order valence-corrected chi connectivity index (χ2v) is 5.66. The molecule has 0 bridgehead atoms. The van der Waals surface area contributed by atoms with Gasteiger partial charge in [0.25, 0.3) is 5.91 Å². The zero-order valence-corrected chi connectivity index (χ0v) is 13.0. The highest BCUT2D eigenvalue weighted by Gasteiger charge is 2.12. The topological polar surface area (TPSA) is 55.1 Å². The first-order valence-electron chi connectivity index (χ1n) is 6.52. The van der Waals surface area contributed by atoms with Crippen LogP contribution in [-0.4, -0.2) is 10.9 Å². The van der Waals surface area contributed by atoms with Gasteiger partial charge < -0.3 is 9.73 Å². The van der Waals surface area contributed by atoms with Crippen molar-refractivity contribution in [3.05, 3.63) is 64.1 Å². The first-order chi connectivity index (χ1) is 10.1. The van der Waals surface area contributed by atoms with Gasteiger partial charge in [0.1, 0.15) is 5.58 Å². The molecule has 1 N–H and O–H groups in total. The van der Waals surface area contributed by atoms with E-state index in [1.165, 1.54) is 0 Å². The van der Waals surface area contributed by atoms with Gasteiger partial charge in [-0.1, -0.05) is 22.0 Å². The van der Waals surface area contributed by atoms with Crippen molar-refractivity contribution in [3.63, 3.8) is 0 Å². The normalized spacial score (nSPS) is 10.8. The number of hydrogen-bond acceptors (Lipinski definition) is 3. The van der Waals surface area contributed by atoms with Gasteiger partial charge in [-0.2, -0.15) is 0 Å². The lowest BCUT2D eigenvalue weighted by Gasteiger charge is -2.03. The molecule has 3 rings (SSSR count). The lowest BCUT2D eigenvalue weighted by Crippen LogP contribution is -2.22. The Morgan fingerprint density at radius 3 is 2.95 bits per heavy atom. The fourth-order valence-corrected chi connectivity index (χ4v) is 2.46. The summed E-state index contributed by atoms with van der Waals surface area (Å²) < 4.78 is 6.49. The van der Waals surface area contributed by atoms with Crippen molar-refractivity contribution in [1.29, 1.82) is 0 Å². The van der Waals surface area contributed by atoms with E-state index in [4.69, 9.17) is 4.42 Å². The molecule has 3 aromatic rings. The summed E-state index contributed by atoms with van der Waals surface area (Å²) in [6.45, 7) is 2.30. The maximum Gasteiger partial charge on any atom is 0.287 e. The van der Waals surface area contributed by atoms with Crippen molar-refractivity contribution in [1.82, 2.24) is 10.3 Å². The quantitative estimate of drug-likeness (QED) is 0.785. The number of carbonyl (C=O) groups is 1. The van der Waals surface area contributed by atoms with Crippen molar-refractivity contribution in [2.75, 3.05) is 0 Å². The van der Waals surface area contributed by atoms with Crippen LogP contribution in [0.2, 0.25) is 0 Å². The summed E-state index contributed by atoms with van der Waals surface area (Å²) in [4.78, 5) is 16.5. The number of benzene rings is 1. The van der Waals surface area contributed by atoms with Crippen LogP contribution in [0.1, 0.15) is 21.9 Å². The van der Waals surface area contributed by atoms with Crippen molar-refractivity contribution in [2.24, 2.45) is 0 Å². The van der Waals surface area contributed by atoms with Gasteiger partial charge in [0.2, 0.25) is 0 Å². The highest BCUT2D eigenvalue weighted by Crippen LogP contribution is 2.23. The third-order valence-corrected chi connectivity index (χ3v) is 3.57. The summed E-state index contributed by atoms with van der Waals surface area (Å²) in [6.07, 6.45) is 0. The lowest BCUT2D eigenvalue weighted by atomic mass is 10.2. The molecule has 0 fully saturated rings. The minimum absolute atomic E-state index is 0.245. The van der Waals surface area contributed by atoms with E-state index >= 15 is 0 Å². The molecule has 0 aliphatic carbocycles. The third kappa shape index (κ3) is 3.13. The van der Waals surface area contributed by atoms with Gasteiger partial charge in [-0.3, -0.25) is 9.78 Å². The summed E-state index contributed by atoms with van der Waals surface area (Å²) in [5, 5.41) is 3.70. The summed E-state index contributed by atoms with van der Waals surface area (Å²) in [5.74, 6) is 0.0568. The zero-order chi connectivity index (χ0) is 14.8. The van der Waals surface area contributed by atoms with E-state index in [2.05, 4.69) is 26.2 Å². The predicted octanol–water partition coefficient (Wildman–Crippen LogP) is 3.83. The Balaban J connectivity index is 1.74. The number of aromatic nitrogens is 1. The molecule has 106 valence electrons. The first kappa shape index (κ1) is 13.8. The van der Waals surface area contributed by atoms with Gasteiger partial charge in [-0.25, -0.2) is 0 Å². The van der Waals surface area contributed by atoms with Crippen LogP contribution in [0, 0.1) is 6.92 Å². The third-order valence-electron chi connectivity index (χ3n) is 3.08. The molecule has 0 aliphatic rings. The lowest BCUT2D eigenvalue weighted by molar-refractivity contribution is 0.0925. The number of fused-ring (bicyclic) bond motifs is 1. The number of nitrogens with zero attached hydrogens (tertiary/aromatic N) is 1. The van der Waals surface area contributed by atoms with Crippen molar-refractivity contribution in [2.45, 2.75) is 13.5 Å². The molecule has 21 heavy (non-hydrogen) atoms. The smallest absolute Gasteiger partial charge is 0.287 e. The highest BCUT2D eigenvalue weighted by atomic mass is 79.9. The van der Waals surface area contributed by atoms with Crippen molar-refractivity contribution < 1.29 is 9.21 Å². The van der Waals surface area contributed by atoms with Crippen LogP contribution >= 0.6 is 15.9 Å². The van der Waals surface area contributed by atoms with E-state index in [1.54, 1.807) is 6.07 Å². The van der Waals surface area contributed by atoms with Crippen LogP contribution in [0.15, 0.2) is 51.4 Å². The van der Waals surface area contributed by atoms with Gasteiger partial charge >= 0.3 is 0 Å². The molecule has 1 aromatic carbocycles. The molecule has 2 heterocycles. The summed E-state index contributed by atoms with van der Waals surface area (Å²) in [5.41, 5.74) is 2.44. The number of halogens is 1. The second-order valence-electron chi connectivity index (χ2n) is 4.75. The molecule has 2 aromatic heterocycles. The van der Waals surface area contributed by atoms with E-state index in [1.807, 2.05) is 43.3 Å². The number of rotatable bonds is 3. The Bertz CT molecular complexity index is 811. The number of pyridine rings is 1. The Morgan fingerprint density at radius 1 is 1.29 bits per heavy atom. The fourth-order valence-electron chi connectivity index (χ4n) is 2.08. The van der Waals surface area contributed by atoms with Crippen molar-refractivity contribution >= 4 is 32.8 Å². The number of amides is 1. The van der Waals surface area contributed by atoms with Gasteiger partial charge in [0.05, 0.1) is 12.2 Å². The van der Waals surface area contributed by atoms with Crippen LogP contribution < -0.4 is 5.32 Å². The molecule has 0 radical (unpaired) electrons. The molecule has 0 saturated heterocycles. The number of nitrogens with one attached hydrogen (secondary N) is 1. The Morgan fingerprint density at radius 2 is 2.14 bits per heavy atom. The van der Waals surface area contributed by atoms with Crippen LogP contribution in [0.25, 0.3) is 11.0 Å². The van der Waals surface area contributed by atoms with E-state index < -0.39 is 0 Å². The molecule has 0 saturated carbocycles. The summed E-state index contributed by atoms with van der Waals surface area (Å²) in [6, 6.07) is 13.1. The average molecular weight is 345 g/mol. The summed E-state index contributed by atoms with van der Waals surface area (Å²) >= 11 is 3.40. The number of hydrogen-bond donors (Lipinski definition) is 1. The molecule has 0 aliphatic heterocycles. The van der Waals surface area contributed by atoms with Crippen molar-refractivity contribution in [3.8, 4) is 0 Å². The molecule has 0 spiro atoms. The van der Waals surface area contributed by atoms with Crippen LogP contribution in [0.5, 0.6) is 0 Å². The minimum atomic E-state index is -0.245. The van der Waals surface area contributed by atoms with E-state index in [0.29, 0.717) is 17.9 Å². The summed E-state index contributed by atoms with van der Waals surface area (Å²) in [7, 11) is 0. The van der Waals surface area contributed by atoms with E-state index in [-0.39, 0.29) is 5.91 Å². The number of carbonyl (C=O) groups excluding carboxylic acids is 1. The standard InChI is InChI=1S/C16H13BrN2O2/c1-10-3-2-4-13(19-10)9-18-16(20)15-8-11-7-12(17)5-6-14(11)21-15/h2-8H,9H2,1H3,(H,18,20). The molecule has 4 nitrogen and oxygen atoms in total. The van der Waals surface area contributed by atoms with Gasteiger partial charge in [0.15, 0.2) is 5.76 Å². The average Bonchev–Trinajstić information content (AvgIpc) is 2.88. The zero-order valence-electron chi connectivity index (χ0n) is 11.4. The molecule has 1 amide bonds. The largest absolute Gasteiger partial charge is 0.451 e. The Hall–Kier alpha value is -2.14. The molecule has 0 unspecified atom stereocenters. The molecular weight excluding hydrogens is 332 g/mol. The molecule has 5 heteroatoms. The van der Waals surface area contributed by atoms with Gasteiger partial charge in [-0.15, -0.1) is 0 Å². The van der Waals surface area contributed by atoms with E-state index in [0.717, 1.165) is 21.2 Å². The minimum Gasteiger partial charge on any atom is -0.451 e. The maximum absolute atomic E-state index is 12.1. The fraction of sp³-hybridized carbons (Fsp3) is 0.125. The second kappa shape index (κ2) is 5.69. The Labute approximate surface area is 130 Å². The van der Waals surface area contributed by atoms with Gasteiger partial charge in [-0.05, 0) is 43.3 Å². The molecular formula is C16H13BrN2O2. The van der Waals surface area contributed by atoms with Crippen LogP contribution in [0.4, 0.5) is 0 Å². The van der Waals surface area contributed by atoms with Crippen LogP contribution in [-0.2, 0) is 6.54 Å². The number of aryl methyl sites for hydroxylation is 1. The van der Waals surface area contributed by atoms with Gasteiger partial charge in [0, 0.05) is 15.6 Å². The highest BCUT2D eigenvalue weighted by molar-refractivity contribution is 9.10. The first-order valence-corrected chi connectivity index (χ1v) is 7.31. The predicted molar refractivity (Wildman–Crippen MR) is 84.1 cm³/mol. The van der Waals surface area contributed by atoms with E-state index in [9.17, 15) is 4.79 Å².